The zero-order chi connectivity index (χ0) is 20.5. The number of fused-ring (bicyclic) bond motifs is 1. The van der Waals surface area contributed by atoms with Crippen LogP contribution in [0, 0.1) is 5.82 Å². The first-order valence-corrected chi connectivity index (χ1v) is 9.97. The maximum Gasteiger partial charge on any atom is 0.289 e. The van der Waals surface area contributed by atoms with E-state index in [0.717, 1.165) is 33.8 Å². The molecule has 3 aromatic carbocycles. The number of carbonyl (C=O) groups is 1. The molecular weight excluding hydrogens is 401 g/mol. The van der Waals surface area contributed by atoms with Crippen LogP contribution in [0.2, 0.25) is 0 Å². The lowest BCUT2D eigenvalue weighted by atomic mass is 10.1. The normalized spacial score (nSPS) is 16.5. The molecule has 1 aliphatic heterocycles. The molecule has 0 spiro atoms. The Morgan fingerprint density at radius 1 is 1.03 bits per heavy atom. The van der Waals surface area contributed by atoms with Gasteiger partial charge in [0.1, 0.15) is 17.2 Å². The van der Waals surface area contributed by atoms with Gasteiger partial charge in [-0.2, -0.15) is 0 Å². The smallest absolute Gasteiger partial charge is 0.289 e. The molecule has 7 heteroatoms. The molecule has 5 rings (SSSR count). The van der Waals surface area contributed by atoms with Gasteiger partial charge in [0.25, 0.3) is 5.24 Å². The summed E-state index contributed by atoms with van der Waals surface area (Å²) in [4.78, 5) is 17.1. The summed E-state index contributed by atoms with van der Waals surface area (Å²) in [5, 5.41) is 7.55. The summed E-state index contributed by atoms with van der Waals surface area (Å²) < 4.78 is 18.7. The number of amides is 1. The summed E-state index contributed by atoms with van der Waals surface area (Å²) in [5.41, 5.74) is 3.13. The molecule has 0 bridgehead atoms. The molecule has 146 valence electrons. The SMILES string of the molecule is O=C1NC(=Nc2ccc(F)cc2)C(=Cc2ccc3noc(-c4ccccc4)c3c2)S1. The first-order chi connectivity index (χ1) is 14.7. The number of benzene rings is 3. The predicted molar refractivity (Wildman–Crippen MR) is 117 cm³/mol. The third kappa shape index (κ3) is 3.62. The second kappa shape index (κ2) is 7.61. The molecule has 2 heterocycles. The second-order valence-electron chi connectivity index (χ2n) is 6.61. The molecule has 1 aromatic heterocycles. The van der Waals surface area contributed by atoms with E-state index in [4.69, 9.17) is 4.52 Å². The van der Waals surface area contributed by atoms with Gasteiger partial charge in [-0.15, -0.1) is 0 Å². The minimum atomic E-state index is -0.337. The van der Waals surface area contributed by atoms with E-state index in [0.29, 0.717) is 22.2 Å². The van der Waals surface area contributed by atoms with Crippen LogP contribution < -0.4 is 5.32 Å². The van der Waals surface area contributed by atoms with Gasteiger partial charge in [0.15, 0.2) is 5.76 Å². The molecule has 0 aliphatic carbocycles. The minimum Gasteiger partial charge on any atom is -0.355 e. The van der Waals surface area contributed by atoms with Gasteiger partial charge >= 0.3 is 0 Å². The molecule has 30 heavy (non-hydrogen) atoms. The molecule has 1 fully saturated rings. The van der Waals surface area contributed by atoms with Crippen molar-refractivity contribution in [3.8, 4) is 11.3 Å². The van der Waals surface area contributed by atoms with Crippen molar-refractivity contribution in [1.82, 2.24) is 10.5 Å². The lowest BCUT2D eigenvalue weighted by molar-refractivity contribution is 0.265. The zero-order valence-corrected chi connectivity index (χ0v) is 16.3. The van der Waals surface area contributed by atoms with Gasteiger partial charge in [-0.05, 0) is 59.8 Å². The third-order valence-electron chi connectivity index (χ3n) is 4.56. The largest absolute Gasteiger partial charge is 0.355 e. The fraction of sp³-hybridized carbons (Fsp3) is 0. The van der Waals surface area contributed by atoms with Crippen LogP contribution in [0.1, 0.15) is 5.56 Å². The Kier molecular flexibility index (Phi) is 4.65. The zero-order valence-electron chi connectivity index (χ0n) is 15.5. The maximum atomic E-state index is 13.1. The average Bonchev–Trinajstić information content (AvgIpc) is 3.33. The van der Waals surface area contributed by atoms with Crippen LogP contribution in [0.15, 0.2) is 87.2 Å². The number of hydrogen-bond acceptors (Lipinski definition) is 5. The summed E-state index contributed by atoms with van der Waals surface area (Å²) >= 11 is 1.07. The summed E-state index contributed by atoms with van der Waals surface area (Å²) in [7, 11) is 0. The molecule has 1 saturated heterocycles. The fourth-order valence-electron chi connectivity index (χ4n) is 3.16. The first-order valence-electron chi connectivity index (χ1n) is 9.16. The van der Waals surface area contributed by atoms with E-state index in [1.54, 1.807) is 12.1 Å². The molecule has 5 nitrogen and oxygen atoms in total. The predicted octanol–water partition coefficient (Wildman–Crippen LogP) is 6.16. The standard InChI is InChI=1S/C23H14FN3O2S/c24-16-7-9-17(10-8-16)25-22-20(30-23(28)26-22)13-14-6-11-19-18(12-14)21(29-27-19)15-4-2-1-3-5-15/h1-13H,(H,25,26,28). The number of aromatic nitrogens is 1. The summed E-state index contributed by atoms with van der Waals surface area (Å²) in [6, 6.07) is 21.3. The van der Waals surface area contributed by atoms with Crippen molar-refractivity contribution in [1.29, 1.82) is 0 Å². The number of aliphatic imine (C=N–C) groups is 1. The monoisotopic (exact) mass is 415 g/mol. The van der Waals surface area contributed by atoms with E-state index < -0.39 is 0 Å². The van der Waals surface area contributed by atoms with E-state index in [2.05, 4.69) is 15.5 Å². The van der Waals surface area contributed by atoms with Crippen molar-refractivity contribution >= 4 is 45.5 Å². The Labute approximate surface area is 175 Å². The van der Waals surface area contributed by atoms with Crippen LogP contribution in [0.4, 0.5) is 14.9 Å². The van der Waals surface area contributed by atoms with E-state index in [-0.39, 0.29) is 11.1 Å². The molecule has 0 saturated carbocycles. The number of thioether (sulfide) groups is 1. The van der Waals surface area contributed by atoms with E-state index in [1.165, 1.54) is 12.1 Å². The number of hydrogen-bond donors (Lipinski definition) is 1. The third-order valence-corrected chi connectivity index (χ3v) is 5.38. The lowest BCUT2D eigenvalue weighted by Crippen LogP contribution is -2.18. The average molecular weight is 415 g/mol. The van der Waals surface area contributed by atoms with Crippen molar-refractivity contribution in [2.45, 2.75) is 0 Å². The molecule has 1 aliphatic rings. The number of amidine groups is 1. The van der Waals surface area contributed by atoms with E-state index in [1.807, 2.05) is 54.6 Å². The lowest BCUT2D eigenvalue weighted by Gasteiger charge is -2.01. The topological polar surface area (TPSA) is 67.5 Å². The quantitative estimate of drug-likeness (QED) is 0.435. The summed E-state index contributed by atoms with van der Waals surface area (Å²) in [6.07, 6.45) is 1.88. The van der Waals surface area contributed by atoms with E-state index >= 15 is 0 Å². The molecule has 1 amide bonds. The van der Waals surface area contributed by atoms with Crippen molar-refractivity contribution in [3.63, 3.8) is 0 Å². The Morgan fingerprint density at radius 3 is 2.63 bits per heavy atom. The van der Waals surface area contributed by atoms with Crippen molar-refractivity contribution in [3.05, 3.63) is 89.1 Å². The Hall–Kier alpha value is -3.71. The van der Waals surface area contributed by atoms with Crippen molar-refractivity contribution < 1.29 is 13.7 Å². The van der Waals surface area contributed by atoms with Gasteiger partial charge in [-0.1, -0.05) is 41.6 Å². The molecule has 0 radical (unpaired) electrons. The van der Waals surface area contributed by atoms with Crippen LogP contribution >= 0.6 is 11.8 Å². The van der Waals surface area contributed by atoms with Gasteiger partial charge in [0.2, 0.25) is 0 Å². The molecule has 1 N–H and O–H groups in total. The van der Waals surface area contributed by atoms with E-state index in [9.17, 15) is 9.18 Å². The molecule has 0 atom stereocenters. The van der Waals surface area contributed by atoms with Gasteiger partial charge in [0, 0.05) is 5.56 Å². The second-order valence-corrected chi connectivity index (χ2v) is 7.63. The van der Waals surface area contributed by atoms with Crippen LogP contribution in [-0.2, 0) is 0 Å². The van der Waals surface area contributed by atoms with Crippen LogP contribution in [-0.4, -0.2) is 16.2 Å². The minimum absolute atomic E-state index is 0.210. The van der Waals surface area contributed by atoms with Gasteiger partial charge in [-0.25, -0.2) is 9.38 Å². The number of rotatable bonds is 3. The fourth-order valence-corrected chi connectivity index (χ4v) is 3.89. The van der Waals surface area contributed by atoms with Gasteiger partial charge < -0.3 is 9.84 Å². The molecular formula is C23H14FN3O2S. The number of carbonyl (C=O) groups excluding carboxylic acids is 1. The number of halogens is 1. The Morgan fingerprint density at radius 2 is 1.83 bits per heavy atom. The summed E-state index contributed by atoms with van der Waals surface area (Å²) in [5.74, 6) is 0.792. The highest BCUT2D eigenvalue weighted by molar-refractivity contribution is 8.18. The Bertz CT molecular complexity index is 1310. The molecule has 4 aromatic rings. The van der Waals surface area contributed by atoms with Gasteiger partial charge in [0.05, 0.1) is 16.0 Å². The highest BCUT2D eigenvalue weighted by atomic mass is 32.2. The van der Waals surface area contributed by atoms with Gasteiger partial charge in [-0.3, -0.25) is 4.79 Å². The summed E-state index contributed by atoms with van der Waals surface area (Å²) in [6.45, 7) is 0. The number of nitrogens with zero attached hydrogens (tertiary/aromatic N) is 2. The Balaban J connectivity index is 1.54. The molecule has 0 unspecified atom stereocenters. The highest BCUT2D eigenvalue weighted by Crippen LogP contribution is 2.32. The maximum absolute atomic E-state index is 13.1. The van der Waals surface area contributed by atoms with Crippen LogP contribution in [0.5, 0.6) is 0 Å². The van der Waals surface area contributed by atoms with Crippen molar-refractivity contribution in [2.24, 2.45) is 4.99 Å². The van der Waals surface area contributed by atoms with Crippen LogP contribution in [0.25, 0.3) is 28.3 Å². The van der Waals surface area contributed by atoms with Crippen LogP contribution in [0.3, 0.4) is 0 Å². The van der Waals surface area contributed by atoms with Crippen molar-refractivity contribution in [2.75, 3.05) is 0 Å². The highest BCUT2D eigenvalue weighted by Gasteiger charge is 2.23. The first kappa shape index (κ1) is 18.3. The number of nitrogens with one attached hydrogen (secondary N) is 1.